The van der Waals surface area contributed by atoms with Crippen LogP contribution in [-0.2, 0) is 22.1 Å². The number of rotatable bonds is 7. The van der Waals surface area contributed by atoms with E-state index in [9.17, 15) is 19.6 Å². The van der Waals surface area contributed by atoms with Crippen LogP contribution in [0.4, 0.5) is 0 Å². The molecule has 0 aromatic heterocycles. The molecule has 27 heavy (non-hydrogen) atoms. The molecule has 6 nitrogen and oxygen atoms in total. The molecule has 2 aromatic carbocycles. The molecule has 0 saturated carbocycles. The van der Waals surface area contributed by atoms with Crippen molar-refractivity contribution in [3.63, 3.8) is 0 Å². The van der Waals surface area contributed by atoms with E-state index in [2.05, 4.69) is 5.32 Å². The molecule has 0 aliphatic carbocycles. The van der Waals surface area contributed by atoms with E-state index in [4.69, 9.17) is 4.74 Å². The minimum absolute atomic E-state index is 0.0716. The van der Waals surface area contributed by atoms with Crippen LogP contribution in [-0.4, -0.2) is 46.8 Å². The largest absolute Gasteiger partial charge is 0.478 e. The van der Waals surface area contributed by atoms with Crippen LogP contribution < -0.4 is 5.32 Å². The summed E-state index contributed by atoms with van der Waals surface area (Å²) in [5.74, 6) is -0.954. The molecule has 0 spiro atoms. The fraction of sp³-hybridized carbons (Fsp3) is 0.350. The van der Waals surface area contributed by atoms with Crippen molar-refractivity contribution < 1.29 is 24.3 Å². The number of nitrogens with one attached hydrogen (secondary N) is 1. The predicted octanol–water partition coefficient (Wildman–Crippen LogP) is 2.24. The molecule has 7 heteroatoms. The summed E-state index contributed by atoms with van der Waals surface area (Å²) in [5.41, 5.74) is 1.90. The Balaban J connectivity index is 1.62. The maximum absolute atomic E-state index is 11.8. The van der Waals surface area contributed by atoms with E-state index in [1.807, 2.05) is 36.4 Å². The van der Waals surface area contributed by atoms with E-state index >= 15 is 0 Å². The van der Waals surface area contributed by atoms with Crippen LogP contribution in [0.3, 0.4) is 0 Å². The van der Waals surface area contributed by atoms with Gasteiger partial charge in [-0.3, -0.25) is 0 Å². The summed E-state index contributed by atoms with van der Waals surface area (Å²) in [5, 5.41) is 22.0. The van der Waals surface area contributed by atoms with Gasteiger partial charge in [0.2, 0.25) is 0 Å². The van der Waals surface area contributed by atoms with Crippen molar-refractivity contribution in [1.82, 2.24) is 5.32 Å². The normalized spacial score (nSPS) is 22.3. The summed E-state index contributed by atoms with van der Waals surface area (Å²) in [4.78, 5) is 11.3. The van der Waals surface area contributed by atoms with E-state index in [0.29, 0.717) is 19.6 Å². The quantitative estimate of drug-likeness (QED) is 0.630. The van der Waals surface area contributed by atoms with E-state index in [0.717, 1.165) is 11.1 Å². The van der Waals surface area contributed by atoms with Crippen LogP contribution >= 0.6 is 8.46 Å². The fourth-order valence-electron chi connectivity index (χ4n) is 3.36. The predicted molar refractivity (Wildman–Crippen MR) is 103 cm³/mol. The number of carboxylic acid groups (broad SMARTS) is 1. The lowest BCUT2D eigenvalue weighted by Gasteiger charge is -2.34. The first-order chi connectivity index (χ1) is 13.0. The number of aliphatic hydroxyl groups is 1. The Morgan fingerprint density at radius 2 is 1.89 bits per heavy atom. The van der Waals surface area contributed by atoms with Gasteiger partial charge in [-0.2, -0.15) is 0 Å². The highest BCUT2D eigenvalue weighted by molar-refractivity contribution is 7.25. The third-order valence-electron chi connectivity index (χ3n) is 4.83. The SMILES string of the molecule is O=[PH+]C(O)(Cc1ccccc1)[C@@H]1CN[C@H](Cc2ccccc2C(=O)O)CO1. The number of morpholine rings is 1. The Kier molecular flexibility index (Phi) is 6.34. The third-order valence-corrected chi connectivity index (χ3v) is 5.68. The van der Waals surface area contributed by atoms with Gasteiger partial charge in [-0.15, -0.1) is 0 Å². The third kappa shape index (κ3) is 4.79. The lowest BCUT2D eigenvalue weighted by molar-refractivity contribution is -0.0845. The molecule has 3 N–H and O–H groups in total. The van der Waals surface area contributed by atoms with Gasteiger partial charge in [0.1, 0.15) is 6.10 Å². The highest BCUT2D eigenvalue weighted by Crippen LogP contribution is 2.32. The molecule has 0 bridgehead atoms. The Hall–Kier alpha value is -2.11. The second-order valence-corrected chi connectivity index (χ2v) is 7.85. The molecule has 3 rings (SSSR count). The van der Waals surface area contributed by atoms with Gasteiger partial charge in [-0.1, -0.05) is 53.1 Å². The average molecular weight is 388 g/mol. The molecule has 0 radical (unpaired) electrons. The molecule has 1 fully saturated rings. The molecule has 1 aliphatic heterocycles. The first kappa shape index (κ1) is 19.6. The average Bonchev–Trinajstić information content (AvgIpc) is 2.69. The van der Waals surface area contributed by atoms with E-state index in [1.165, 1.54) is 0 Å². The smallest absolute Gasteiger partial charge is 0.362 e. The standard InChI is InChI=1S/C20H22NO5P/c22-19(23)17-9-5-4-8-15(17)10-16-13-26-18(12-21-16)20(24,27-25)11-14-6-2-1-3-7-14/h1-9,16,18,21,24H,10-13H2,(H,22,23)/p+1/t16-,18+,20?/m1/s1. The van der Waals surface area contributed by atoms with Crippen LogP contribution in [0.15, 0.2) is 54.6 Å². The molecule has 1 aliphatic rings. The summed E-state index contributed by atoms with van der Waals surface area (Å²) in [7, 11) is -0.919. The number of carbonyl (C=O) groups is 1. The summed E-state index contributed by atoms with van der Waals surface area (Å²) in [6, 6.07) is 16.2. The van der Waals surface area contributed by atoms with Crippen molar-refractivity contribution in [2.24, 2.45) is 0 Å². The van der Waals surface area contributed by atoms with Crippen LogP contribution in [0.1, 0.15) is 21.5 Å². The minimum Gasteiger partial charge on any atom is -0.478 e. The number of carboxylic acids is 1. The number of aromatic carboxylic acids is 1. The van der Waals surface area contributed by atoms with E-state index in [-0.39, 0.29) is 18.0 Å². The second-order valence-electron chi connectivity index (χ2n) is 6.78. The monoisotopic (exact) mass is 388 g/mol. The van der Waals surface area contributed by atoms with Gasteiger partial charge in [0.05, 0.1) is 18.6 Å². The molecular formula is C20H23NO5P+. The van der Waals surface area contributed by atoms with Crippen molar-refractivity contribution >= 4 is 14.4 Å². The van der Waals surface area contributed by atoms with Gasteiger partial charge >= 0.3 is 14.4 Å². The van der Waals surface area contributed by atoms with Gasteiger partial charge in [-0.05, 0) is 23.6 Å². The Labute approximate surface area is 159 Å². The Morgan fingerprint density at radius 3 is 2.52 bits per heavy atom. The zero-order chi connectivity index (χ0) is 19.3. The number of benzene rings is 2. The molecular weight excluding hydrogens is 365 g/mol. The number of hydrogen-bond acceptors (Lipinski definition) is 5. The van der Waals surface area contributed by atoms with Gasteiger partial charge in [0.25, 0.3) is 5.34 Å². The Morgan fingerprint density at radius 1 is 1.19 bits per heavy atom. The maximum Gasteiger partial charge on any atom is 0.362 e. The van der Waals surface area contributed by atoms with Crippen LogP contribution in [0.2, 0.25) is 0 Å². The summed E-state index contributed by atoms with van der Waals surface area (Å²) in [6.07, 6.45) is 0.153. The minimum atomic E-state index is -1.46. The van der Waals surface area contributed by atoms with Crippen molar-refractivity contribution in [2.45, 2.75) is 30.3 Å². The topological polar surface area (TPSA) is 95.9 Å². The van der Waals surface area contributed by atoms with Crippen molar-refractivity contribution in [2.75, 3.05) is 13.2 Å². The summed E-state index contributed by atoms with van der Waals surface area (Å²) >= 11 is 0. The fourth-order valence-corrected chi connectivity index (χ4v) is 3.95. The summed E-state index contributed by atoms with van der Waals surface area (Å²) < 4.78 is 17.6. The zero-order valence-corrected chi connectivity index (χ0v) is 15.8. The zero-order valence-electron chi connectivity index (χ0n) is 14.8. The molecule has 0 amide bonds. The molecule has 2 unspecified atom stereocenters. The first-order valence-electron chi connectivity index (χ1n) is 8.83. The summed E-state index contributed by atoms with van der Waals surface area (Å²) in [6.45, 7) is 0.651. The second kappa shape index (κ2) is 8.72. The van der Waals surface area contributed by atoms with Crippen LogP contribution in [0.25, 0.3) is 0 Å². The van der Waals surface area contributed by atoms with Crippen LogP contribution in [0.5, 0.6) is 0 Å². The van der Waals surface area contributed by atoms with Crippen molar-refractivity contribution in [3.05, 3.63) is 71.3 Å². The first-order valence-corrected chi connectivity index (χ1v) is 9.74. The highest BCUT2D eigenvalue weighted by atomic mass is 31.1. The van der Waals surface area contributed by atoms with Gasteiger partial charge in [-0.25, -0.2) is 4.79 Å². The van der Waals surface area contributed by atoms with E-state index < -0.39 is 25.9 Å². The van der Waals surface area contributed by atoms with Gasteiger partial charge < -0.3 is 20.3 Å². The van der Waals surface area contributed by atoms with E-state index in [1.54, 1.807) is 18.2 Å². The van der Waals surface area contributed by atoms with Gasteiger partial charge in [0, 0.05) is 12.6 Å². The Bertz CT molecular complexity index is 792. The molecule has 2 aromatic rings. The van der Waals surface area contributed by atoms with Crippen LogP contribution in [0, 0.1) is 0 Å². The molecule has 142 valence electrons. The molecule has 4 atom stereocenters. The van der Waals surface area contributed by atoms with Gasteiger partial charge in [0.15, 0.2) is 0 Å². The van der Waals surface area contributed by atoms with Crippen molar-refractivity contribution in [3.8, 4) is 0 Å². The molecule has 1 heterocycles. The molecule has 1 saturated heterocycles. The lowest BCUT2D eigenvalue weighted by Crippen LogP contribution is -2.55. The van der Waals surface area contributed by atoms with Crippen molar-refractivity contribution in [1.29, 1.82) is 0 Å². The maximum atomic E-state index is 11.8. The number of hydrogen-bond donors (Lipinski definition) is 3. The highest BCUT2D eigenvalue weighted by Gasteiger charge is 2.47. The number of ether oxygens (including phenoxy) is 1. The lowest BCUT2D eigenvalue weighted by atomic mass is 9.98.